The Labute approximate surface area is 225 Å². The molecule has 0 aliphatic heterocycles. The van der Waals surface area contributed by atoms with Crippen molar-refractivity contribution in [3.8, 4) is 22.8 Å². The van der Waals surface area contributed by atoms with Gasteiger partial charge in [-0.2, -0.15) is 13.2 Å². The zero-order chi connectivity index (χ0) is 26.9. The van der Waals surface area contributed by atoms with Crippen LogP contribution in [0.3, 0.4) is 0 Å². The Morgan fingerprint density at radius 3 is 2.45 bits per heavy atom. The average Bonchev–Trinajstić information content (AvgIpc) is 3.26. The van der Waals surface area contributed by atoms with E-state index in [4.69, 9.17) is 14.5 Å². The molecule has 2 heterocycles. The van der Waals surface area contributed by atoms with E-state index in [1.54, 1.807) is 18.2 Å². The minimum atomic E-state index is -4.49. The number of benzene rings is 2. The maximum atomic E-state index is 12.8. The first-order valence-electron chi connectivity index (χ1n) is 12.2. The van der Waals surface area contributed by atoms with E-state index >= 15 is 0 Å². The minimum Gasteiger partial charge on any atom is -0.493 e. The minimum absolute atomic E-state index is 0.00553. The number of ether oxygens (including phenoxy) is 2. The van der Waals surface area contributed by atoms with E-state index in [2.05, 4.69) is 21.2 Å². The predicted octanol–water partition coefficient (Wildman–Crippen LogP) is 7.76. The van der Waals surface area contributed by atoms with Crippen LogP contribution < -0.4 is 14.8 Å². The molecule has 0 atom stereocenters. The van der Waals surface area contributed by atoms with Gasteiger partial charge in [-0.15, -0.1) is 0 Å². The molecule has 0 radical (unpaired) electrons. The molecule has 1 N–H and O–H groups in total. The number of alkyl halides is 3. The molecular weight excluding hydrogens is 563 g/mol. The van der Waals surface area contributed by atoms with Gasteiger partial charge in [0.25, 0.3) is 0 Å². The summed E-state index contributed by atoms with van der Waals surface area (Å²) < 4.78 is 52.4. The summed E-state index contributed by atoms with van der Waals surface area (Å²) in [5.74, 6) is 0.519. The Bertz CT molecular complexity index is 1460. The standard InChI is InChI=1S/C28H25BrF3N3O3/c1-37-23-15-18(9-13-22(23)38-27(36)17-7-10-19(11-8-17)28(30,31)32)25-26(33-21-5-3-2-4-6-21)35-16-20(29)12-14-24(35)34-25/h7-16,21,33H,2-6H2,1H3. The van der Waals surface area contributed by atoms with E-state index < -0.39 is 17.7 Å². The Morgan fingerprint density at radius 2 is 1.76 bits per heavy atom. The normalized spacial score (nSPS) is 14.4. The molecule has 38 heavy (non-hydrogen) atoms. The number of hydrogen-bond acceptors (Lipinski definition) is 5. The summed E-state index contributed by atoms with van der Waals surface area (Å²) in [7, 11) is 1.45. The molecule has 2 aromatic heterocycles. The van der Waals surface area contributed by atoms with E-state index in [9.17, 15) is 18.0 Å². The van der Waals surface area contributed by atoms with E-state index in [1.807, 2.05) is 22.7 Å². The van der Waals surface area contributed by atoms with Gasteiger partial charge in [0.05, 0.1) is 18.2 Å². The number of anilines is 1. The first-order chi connectivity index (χ1) is 18.2. The van der Waals surface area contributed by atoms with Gasteiger partial charge >= 0.3 is 12.1 Å². The van der Waals surface area contributed by atoms with E-state index in [1.165, 1.54) is 26.4 Å². The second-order valence-corrected chi connectivity index (χ2v) is 10.1. The van der Waals surface area contributed by atoms with Crippen molar-refractivity contribution in [2.24, 2.45) is 0 Å². The molecule has 1 aliphatic carbocycles. The molecule has 5 rings (SSSR count). The third-order valence-corrected chi connectivity index (χ3v) is 7.09. The molecule has 0 spiro atoms. The lowest BCUT2D eigenvalue weighted by molar-refractivity contribution is -0.137. The van der Waals surface area contributed by atoms with Crippen LogP contribution in [0.15, 0.2) is 65.3 Å². The maximum Gasteiger partial charge on any atom is 0.416 e. The van der Waals surface area contributed by atoms with Crippen molar-refractivity contribution in [1.29, 1.82) is 0 Å². The van der Waals surface area contributed by atoms with Crippen LogP contribution in [0.4, 0.5) is 19.0 Å². The highest BCUT2D eigenvalue weighted by Gasteiger charge is 2.30. The molecular formula is C28H25BrF3N3O3. The summed E-state index contributed by atoms with van der Waals surface area (Å²) in [5, 5.41) is 3.69. The number of pyridine rings is 1. The van der Waals surface area contributed by atoms with Crippen molar-refractivity contribution in [3.05, 3.63) is 76.4 Å². The van der Waals surface area contributed by atoms with Crippen molar-refractivity contribution in [3.63, 3.8) is 0 Å². The Hall–Kier alpha value is -3.53. The fourth-order valence-corrected chi connectivity index (χ4v) is 4.99. The lowest BCUT2D eigenvalue weighted by atomic mass is 9.95. The van der Waals surface area contributed by atoms with Gasteiger partial charge in [-0.3, -0.25) is 4.40 Å². The van der Waals surface area contributed by atoms with Crippen LogP contribution in [0.5, 0.6) is 11.5 Å². The van der Waals surface area contributed by atoms with Gasteiger partial charge < -0.3 is 14.8 Å². The number of imidazole rings is 1. The molecule has 1 saturated carbocycles. The lowest BCUT2D eigenvalue weighted by Crippen LogP contribution is -2.23. The van der Waals surface area contributed by atoms with Gasteiger partial charge in [0.2, 0.25) is 0 Å². The Morgan fingerprint density at radius 1 is 1.03 bits per heavy atom. The molecule has 0 saturated heterocycles. The summed E-state index contributed by atoms with van der Waals surface area (Å²) in [6.45, 7) is 0. The molecule has 0 bridgehead atoms. The zero-order valence-electron chi connectivity index (χ0n) is 20.5. The number of aromatic nitrogens is 2. The molecule has 198 valence electrons. The van der Waals surface area contributed by atoms with E-state index in [0.717, 1.165) is 64.3 Å². The van der Waals surface area contributed by atoms with Crippen LogP contribution in [-0.4, -0.2) is 28.5 Å². The Kier molecular flexibility index (Phi) is 7.34. The van der Waals surface area contributed by atoms with Crippen molar-refractivity contribution in [1.82, 2.24) is 9.38 Å². The molecule has 0 amide bonds. The monoisotopic (exact) mass is 587 g/mol. The van der Waals surface area contributed by atoms with Crippen LogP contribution in [-0.2, 0) is 6.18 Å². The highest BCUT2D eigenvalue weighted by atomic mass is 79.9. The topological polar surface area (TPSA) is 64.9 Å². The fourth-order valence-electron chi connectivity index (χ4n) is 4.65. The number of rotatable bonds is 6. The van der Waals surface area contributed by atoms with Gasteiger partial charge in [0.15, 0.2) is 11.5 Å². The number of nitrogens with one attached hydrogen (secondary N) is 1. The number of nitrogens with zero attached hydrogens (tertiary/aromatic N) is 2. The third-order valence-electron chi connectivity index (χ3n) is 6.62. The first-order valence-corrected chi connectivity index (χ1v) is 13.0. The molecule has 1 aliphatic rings. The van der Waals surface area contributed by atoms with Crippen molar-refractivity contribution >= 4 is 33.4 Å². The van der Waals surface area contributed by atoms with Gasteiger partial charge in [-0.25, -0.2) is 9.78 Å². The number of halogens is 4. The quantitative estimate of drug-likeness (QED) is 0.184. The van der Waals surface area contributed by atoms with Gasteiger partial charge in [0.1, 0.15) is 17.2 Å². The summed E-state index contributed by atoms with van der Waals surface area (Å²) in [4.78, 5) is 17.5. The number of esters is 1. The van der Waals surface area contributed by atoms with Crippen LogP contribution in [0.1, 0.15) is 48.0 Å². The highest BCUT2D eigenvalue weighted by Crippen LogP contribution is 2.37. The fraction of sp³-hybridized carbons (Fsp3) is 0.286. The SMILES string of the molecule is COc1cc(-c2nc3ccc(Br)cn3c2NC2CCCCC2)ccc1OC(=O)c1ccc(C(F)(F)F)cc1. The second-order valence-electron chi connectivity index (χ2n) is 9.19. The molecule has 10 heteroatoms. The van der Waals surface area contributed by atoms with Gasteiger partial charge in [0, 0.05) is 22.3 Å². The maximum absolute atomic E-state index is 12.8. The summed E-state index contributed by atoms with van der Waals surface area (Å²) in [5.41, 5.74) is 1.42. The number of carbonyl (C=O) groups excluding carboxylic acids is 1. The highest BCUT2D eigenvalue weighted by molar-refractivity contribution is 9.10. The molecule has 6 nitrogen and oxygen atoms in total. The predicted molar refractivity (Wildman–Crippen MR) is 142 cm³/mol. The van der Waals surface area contributed by atoms with Crippen LogP contribution in [0.2, 0.25) is 0 Å². The van der Waals surface area contributed by atoms with Gasteiger partial charge in [-0.1, -0.05) is 19.3 Å². The summed E-state index contributed by atoms with van der Waals surface area (Å²) in [6.07, 6.45) is 3.26. The van der Waals surface area contributed by atoms with E-state index in [0.29, 0.717) is 11.8 Å². The lowest BCUT2D eigenvalue weighted by Gasteiger charge is -2.24. The summed E-state index contributed by atoms with van der Waals surface area (Å²) in [6, 6.07) is 13.2. The molecule has 0 unspecified atom stereocenters. The molecule has 2 aromatic carbocycles. The molecule has 4 aromatic rings. The largest absolute Gasteiger partial charge is 0.493 e. The third kappa shape index (κ3) is 5.50. The van der Waals surface area contributed by atoms with Crippen LogP contribution in [0.25, 0.3) is 16.9 Å². The first kappa shape index (κ1) is 26.1. The Balaban J connectivity index is 1.45. The number of hydrogen-bond donors (Lipinski definition) is 1. The second kappa shape index (κ2) is 10.7. The van der Waals surface area contributed by atoms with Crippen molar-refractivity contribution < 1.29 is 27.4 Å². The average molecular weight is 588 g/mol. The van der Waals surface area contributed by atoms with E-state index in [-0.39, 0.29) is 11.3 Å². The number of fused-ring (bicyclic) bond motifs is 1. The molecule has 1 fully saturated rings. The summed E-state index contributed by atoms with van der Waals surface area (Å²) >= 11 is 3.54. The smallest absolute Gasteiger partial charge is 0.416 e. The van der Waals surface area contributed by atoms with Crippen molar-refractivity contribution in [2.45, 2.75) is 44.3 Å². The zero-order valence-corrected chi connectivity index (χ0v) is 22.1. The van der Waals surface area contributed by atoms with Crippen molar-refractivity contribution in [2.75, 3.05) is 12.4 Å². The number of carbonyl (C=O) groups is 1. The van der Waals surface area contributed by atoms with Crippen LogP contribution in [0, 0.1) is 0 Å². The van der Waals surface area contributed by atoms with Gasteiger partial charge in [-0.05, 0) is 83.4 Å². The number of methoxy groups -OCH3 is 1. The van der Waals surface area contributed by atoms with Crippen LogP contribution >= 0.6 is 15.9 Å².